The molecule has 0 aliphatic heterocycles. The maximum atomic E-state index is 12.0. The predicted octanol–water partition coefficient (Wildman–Crippen LogP) is 1.33. The van der Waals surface area contributed by atoms with Crippen molar-refractivity contribution >= 4 is 11.9 Å². The summed E-state index contributed by atoms with van der Waals surface area (Å²) < 4.78 is 1.57. The van der Waals surface area contributed by atoms with E-state index in [1.165, 1.54) is 0 Å². The van der Waals surface area contributed by atoms with Crippen molar-refractivity contribution in [1.82, 2.24) is 25.1 Å². The molecule has 0 aliphatic rings. The summed E-state index contributed by atoms with van der Waals surface area (Å²) in [5, 5.41) is 14.5. The van der Waals surface area contributed by atoms with Crippen molar-refractivity contribution < 1.29 is 4.79 Å². The van der Waals surface area contributed by atoms with E-state index in [0.717, 1.165) is 25.1 Å². The quantitative estimate of drug-likeness (QED) is 0.832. The van der Waals surface area contributed by atoms with Gasteiger partial charge in [0, 0.05) is 13.6 Å². The van der Waals surface area contributed by atoms with Gasteiger partial charge in [0.2, 0.25) is 11.9 Å². The molecule has 0 saturated heterocycles. The van der Waals surface area contributed by atoms with Gasteiger partial charge in [-0.1, -0.05) is 36.6 Å². The van der Waals surface area contributed by atoms with Crippen molar-refractivity contribution in [3.05, 3.63) is 30.3 Å². The summed E-state index contributed by atoms with van der Waals surface area (Å²) in [5.74, 6) is 0.476. The molecular formula is C14H20N6O. The molecule has 0 atom stereocenters. The molecule has 0 unspecified atom stereocenters. The smallest absolute Gasteiger partial charge is 0.248 e. The molecule has 0 bridgehead atoms. The average molecular weight is 288 g/mol. The van der Waals surface area contributed by atoms with E-state index in [1.807, 2.05) is 30.3 Å². The van der Waals surface area contributed by atoms with E-state index in [1.54, 1.807) is 16.6 Å². The number of hydrogen-bond acceptors (Lipinski definition) is 5. The predicted molar refractivity (Wildman–Crippen MR) is 80.2 cm³/mol. The molecule has 112 valence electrons. The van der Waals surface area contributed by atoms with E-state index in [-0.39, 0.29) is 12.5 Å². The molecule has 0 radical (unpaired) electrons. The number of aromatic nitrogens is 4. The molecule has 7 nitrogen and oxygen atoms in total. The van der Waals surface area contributed by atoms with Crippen LogP contribution in [0.3, 0.4) is 0 Å². The van der Waals surface area contributed by atoms with Gasteiger partial charge in [0.25, 0.3) is 0 Å². The first-order valence-corrected chi connectivity index (χ1v) is 7.04. The fourth-order valence-electron chi connectivity index (χ4n) is 1.85. The molecule has 0 fully saturated rings. The fourth-order valence-corrected chi connectivity index (χ4v) is 1.85. The Bertz CT molecular complexity index is 568. The van der Waals surface area contributed by atoms with Gasteiger partial charge in [-0.3, -0.25) is 4.79 Å². The minimum absolute atomic E-state index is 0.0195. The number of rotatable bonds is 7. The number of benzene rings is 1. The van der Waals surface area contributed by atoms with Crippen molar-refractivity contribution in [1.29, 1.82) is 0 Å². The number of nitrogens with one attached hydrogen (secondary N) is 1. The van der Waals surface area contributed by atoms with Crippen LogP contribution in [0.5, 0.6) is 0 Å². The Morgan fingerprint density at radius 3 is 2.81 bits per heavy atom. The highest BCUT2D eigenvalue weighted by Gasteiger charge is 2.11. The number of carbonyl (C=O) groups excluding carboxylic acids is 1. The summed E-state index contributed by atoms with van der Waals surface area (Å²) in [6.07, 6.45) is 2.07. The third kappa shape index (κ3) is 4.01. The van der Waals surface area contributed by atoms with Gasteiger partial charge in [0.05, 0.1) is 12.2 Å². The summed E-state index contributed by atoms with van der Waals surface area (Å²) in [6.45, 7) is 3.04. The zero-order valence-corrected chi connectivity index (χ0v) is 12.4. The van der Waals surface area contributed by atoms with Crippen LogP contribution in [0.25, 0.3) is 5.69 Å². The lowest BCUT2D eigenvalue weighted by molar-refractivity contribution is -0.128. The molecule has 2 aromatic rings. The summed E-state index contributed by atoms with van der Waals surface area (Å²) in [6, 6.07) is 9.54. The molecular weight excluding hydrogens is 268 g/mol. The van der Waals surface area contributed by atoms with E-state index in [4.69, 9.17) is 0 Å². The van der Waals surface area contributed by atoms with Crippen LogP contribution in [-0.4, -0.2) is 51.2 Å². The standard InChI is InChI=1S/C14H20N6O/c1-3-4-10-19(2)13(21)11-15-14-16-17-18-20(14)12-8-6-5-7-9-12/h5-9H,3-4,10-11H2,1-2H3,(H,15,16,18). The SMILES string of the molecule is CCCCN(C)C(=O)CNc1nnnn1-c1ccccc1. The summed E-state index contributed by atoms with van der Waals surface area (Å²) in [4.78, 5) is 13.7. The zero-order chi connectivity index (χ0) is 15.1. The Morgan fingerprint density at radius 2 is 2.10 bits per heavy atom. The highest BCUT2D eigenvalue weighted by Crippen LogP contribution is 2.10. The lowest BCUT2D eigenvalue weighted by Gasteiger charge is -2.17. The normalized spacial score (nSPS) is 10.4. The number of tetrazole rings is 1. The monoisotopic (exact) mass is 288 g/mol. The third-order valence-corrected chi connectivity index (χ3v) is 3.14. The van der Waals surface area contributed by atoms with E-state index in [9.17, 15) is 4.79 Å². The van der Waals surface area contributed by atoms with Crippen molar-refractivity contribution in [3.8, 4) is 5.69 Å². The lowest BCUT2D eigenvalue weighted by atomic mass is 10.3. The summed E-state index contributed by atoms with van der Waals surface area (Å²) in [5.41, 5.74) is 0.844. The number of para-hydroxylation sites is 1. The van der Waals surface area contributed by atoms with Crippen LogP contribution in [0.15, 0.2) is 30.3 Å². The van der Waals surface area contributed by atoms with E-state index in [2.05, 4.69) is 27.8 Å². The van der Waals surface area contributed by atoms with Gasteiger partial charge >= 0.3 is 0 Å². The van der Waals surface area contributed by atoms with Crippen molar-refractivity contribution in [3.63, 3.8) is 0 Å². The van der Waals surface area contributed by atoms with Gasteiger partial charge in [-0.2, -0.15) is 4.68 Å². The second-order valence-corrected chi connectivity index (χ2v) is 4.77. The van der Waals surface area contributed by atoms with Crippen LogP contribution in [0.1, 0.15) is 19.8 Å². The molecule has 0 spiro atoms. The van der Waals surface area contributed by atoms with Crippen LogP contribution in [-0.2, 0) is 4.79 Å². The largest absolute Gasteiger partial charge is 0.344 e. The number of unbranched alkanes of at least 4 members (excludes halogenated alkanes) is 1. The van der Waals surface area contributed by atoms with Gasteiger partial charge in [-0.25, -0.2) is 0 Å². The van der Waals surface area contributed by atoms with Crippen LogP contribution >= 0.6 is 0 Å². The number of nitrogens with zero attached hydrogens (tertiary/aromatic N) is 5. The molecule has 0 aliphatic carbocycles. The molecule has 7 heteroatoms. The molecule has 1 heterocycles. The van der Waals surface area contributed by atoms with Gasteiger partial charge in [-0.05, 0) is 29.0 Å². The second kappa shape index (κ2) is 7.37. The van der Waals surface area contributed by atoms with Gasteiger partial charge in [0.15, 0.2) is 0 Å². The number of anilines is 1. The first kappa shape index (κ1) is 15.0. The number of hydrogen-bond donors (Lipinski definition) is 1. The van der Waals surface area contributed by atoms with Crippen molar-refractivity contribution in [2.45, 2.75) is 19.8 Å². The van der Waals surface area contributed by atoms with Crippen LogP contribution < -0.4 is 5.32 Å². The molecule has 1 aromatic heterocycles. The average Bonchev–Trinajstić information content (AvgIpc) is 2.99. The van der Waals surface area contributed by atoms with Gasteiger partial charge in [-0.15, -0.1) is 0 Å². The molecule has 1 N–H and O–H groups in total. The molecule has 2 rings (SSSR count). The molecule has 21 heavy (non-hydrogen) atoms. The first-order valence-electron chi connectivity index (χ1n) is 7.04. The van der Waals surface area contributed by atoms with Crippen LogP contribution in [0.4, 0.5) is 5.95 Å². The Balaban J connectivity index is 1.96. The molecule has 1 aromatic carbocycles. The second-order valence-electron chi connectivity index (χ2n) is 4.77. The zero-order valence-electron chi connectivity index (χ0n) is 12.4. The fraction of sp³-hybridized carbons (Fsp3) is 0.429. The van der Waals surface area contributed by atoms with E-state index in [0.29, 0.717) is 5.95 Å². The van der Waals surface area contributed by atoms with Crippen LogP contribution in [0.2, 0.25) is 0 Å². The number of carbonyl (C=O) groups is 1. The maximum Gasteiger partial charge on any atom is 0.248 e. The summed E-state index contributed by atoms with van der Waals surface area (Å²) in [7, 11) is 1.81. The topological polar surface area (TPSA) is 75.9 Å². The highest BCUT2D eigenvalue weighted by molar-refractivity contribution is 5.80. The Morgan fingerprint density at radius 1 is 1.33 bits per heavy atom. The Kier molecular flexibility index (Phi) is 5.25. The molecule has 0 saturated carbocycles. The van der Waals surface area contributed by atoms with Crippen LogP contribution in [0, 0.1) is 0 Å². The minimum Gasteiger partial charge on any atom is -0.344 e. The van der Waals surface area contributed by atoms with Gasteiger partial charge in [0.1, 0.15) is 0 Å². The lowest BCUT2D eigenvalue weighted by Crippen LogP contribution is -2.33. The van der Waals surface area contributed by atoms with Crippen molar-refractivity contribution in [2.75, 3.05) is 25.5 Å². The number of likely N-dealkylation sites (N-methyl/N-ethyl adjacent to an activating group) is 1. The number of amides is 1. The third-order valence-electron chi connectivity index (χ3n) is 3.14. The first-order chi connectivity index (χ1) is 10.2. The highest BCUT2D eigenvalue weighted by atomic mass is 16.2. The van der Waals surface area contributed by atoms with Crippen molar-refractivity contribution in [2.24, 2.45) is 0 Å². The maximum absolute atomic E-state index is 12.0. The minimum atomic E-state index is 0.0195. The van der Waals surface area contributed by atoms with Gasteiger partial charge < -0.3 is 10.2 Å². The van der Waals surface area contributed by atoms with E-state index < -0.39 is 0 Å². The summed E-state index contributed by atoms with van der Waals surface area (Å²) >= 11 is 0. The Labute approximate surface area is 123 Å². The van der Waals surface area contributed by atoms with E-state index >= 15 is 0 Å². The molecule has 1 amide bonds. The Hall–Kier alpha value is -2.44.